The van der Waals surface area contributed by atoms with E-state index in [0.29, 0.717) is 18.0 Å². The standard InChI is InChI=1S/C11H23NO2S/c1-9(8-15(3)13)12-10(2)11-4-6-14-7-5-11/h9-12H,4-8H2,1-3H3. The Balaban J connectivity index is 2.26. The van der Waals surface area contributed by atoms with Gasteiger partial charge >= 0.3 is 0 Å². The molecule has 1 aliphatic rings. The molecule has 1 heterocycles. The van der Waals surface area contributed by atoms with Gasteiger partial charge in [-0.2, -0.15) is 0 Å². The van der Waals surface area contributed by atoms with Crippen LogP contribution in [-0.4, -0.2) is 41.5 Å². The first-order valence-electron chi connectivity index (χ1n) is 5.73. The van der Waals surface area contributed by atoms with Gasteiger partial charge in [-0.05, 0) is 32.6 Å². The Bertz CT molecular complexity index is 205. The minimum Gasteiger partial charge on any atom is -0.381 e. The summed E-state index contributed by atoms with van der Waals surface area (Å²) >= 11 is 0. The Morgan fingerprint density at radius 2 is 2.00 bits per heavy atom. The fourth-order valence-electron chi connectivity index (χ4n) is 2.20. The maximum absolute atomic E-state index is 11.1. The van der Waals surface area contributed by atoms with Gasteiger partial charge in [0.15, 0.2) is 0 Å². The highest BCUT2D eigenvalue weighted by Gasteiger charge is 2.21. The zero-order valence-electron chi connectivity index (χ0n) is 9.99. The van der Waals surface area contributed by atoms with Gasteiger partial charge in [0.2, 0.25) is 0 Å². The zero-order valence-corrected chi connectivity index (χ0v) is 10.8. The summed E-state index contributed by atoms with van der Waals surface area (Å²) in [5.41, 5.74) is 0. The van der Waals surface area contributed by atoms with Crippen LogP contribution >= 0.6 is 0 Å². The van der Waals surface area contributed by atoms with Gasteiger partial charge in [-0.3, -0.25) is 4.21 Å². The number of ether oxygens (including phenoxy) is 1. The number of hydrogen-bond donors (Lipinski definition) is 1. The summed E-state index contributed by atoms with van der Waals surface area (Å²) in [6, 6.07) is 0.848. The van der Waals surface area contributed by atoms with E-state index < -0.39 is 10.8 Å². The molecule has 0 amide bonds. The second-order valence-corrected chi connectivity index (χ2v) is 6.03. The van der Waals surface area contributed by atoms with E-state index in [1.54, 1.807) is 6.26 Å². The summed E-state index contributed by atoms with van der Waals surface area (Å²) in [5.74, 6) is 1.46. The highest BCUT2D eigenvalue weighted by molar-refractivity contribution is 7.84. The van der Waals surface area contributed by atoms with Crippen molar-refractivity contribution in [2.75, 3.05) is 25.2 Å². The molecule has 0 saturated carbocycles. The summed E-state index contributed by atoms with van der Waals surface area (Å²) in [5, 5.41) is 3.53. The molecule has 3 unspecified atom stereocenters. The molecule has 1 saturated heterocycles. The first-order chi connectivity index (χ1) is 7.09. The van der Waals surface area contributed by atoms with Crippen LogP contribution in [0.2, 0.25) is 0 Å². The van der Waals surface area contributed by atoms with Crippen molar-refractivity contribution in [3.05, 3.63) is 0 Å². The van der Waals surface area contributed by atoms with Gasteiger partial charge in [0.25, 0.3) is 0 Å². The van der Waals surface area contributed by atoms with Crippen molar-refractivity contribution in [3.8, 4) is 0 Å². The molecule has 15 heavy (non-hydrogen) atoms. The SMILES string of the molecule is CC(CS(C)=O)NC(C)C1CCOCC1. The molecule has 0 aromatic rings. The second kappa shape index (κ2) is 6.61. The van der Waals surface area contributed by atoms with Crippen LogP contribution in [-0.2, 0) is 15.5 Å². The Hall–Kier alpha value is 0.0700. The summed E-state index contributed by atoms with van der Waals surface area (Å²) in [7, 11) is -0.704. The maximum atomic E-state index is 11.1. The lowest BCUT2D eigenvalue weighted by Gasteiger charge is -2.30. The Morgan fingerprint density at radius 3 is 2.53 bits per heavy atom. The molecule has 4 heteroatoms. The van der Waals surface area contributed by atoms with E-state index in [9.17, 15) is 4.21 Å². The quantitative estimate of drug-likeness (QED) is 0.774. The maximum Gasteiger partial charge on any atom is 0.0469 e. The van der Waals surface area contributed by atoms with Gasteiger partial charge < -0.3 is 10.1 Å². The van der Waals surface area contributed by atoms with Gasteiger partial charge in [0, 0.05) is 48.1 Å². The van der Waals surface area contributed by atoms with Gasteiger partial charge in [-0.1, -0.05) is 0 Å². The molecule has 3 atom stereocenters. The predicted molar refractivity (Wildman–Crippen MR) is 64.5 cm³/mol. The lowest BCUT2D eigenvalue weighted by atomic mass is 9.92. The fraction of sp³-hybridized carbons (Fsp3) is 1.00. The van der Waals surface area contributed by atoms with Crippen LogP contribution in [0.25, 0.3) is 0 Å². The summed E-state index contributed by atoms with van der Waals surface area (Å²) in [6.45, 7) is 6.12. The highest BCUT2D eigenvalue weighted by Crippen LogP contribution is 2.18. The third-order valence-corrected chi connectivity index (χ3v) is 3.97. The Morgan fingerprint density at radius 1 is 1.40 bits per heavy atom. The van der Waals surface area contributed by atoms with Crippen molar-refractivity contribution in [2.24, 2.45) is 5.92 Å². The summed E-state index contributed by atoms with van der Waals surface area (Å²) in [4.78, 5) is 0. The normalized spacial score (nSPS) is 24.7. The molecule has 1 rings (SSSR count). The smallest absolute Gasteiger partial charge is 0.0469 e. The lowest BCUT2D eigenvalue weighted by Crippen LogP contribution is -2.43. The van der Waals surface area contributed by atoms with Crippen molar-refractivity contribution < 1.29 is 8.95 Å². The average molecular weight is 233 g/mol. The van der Waals surface area contributed by atoms with Crippen molar-refractivity contribution in [1.82, 2.24) is 5.32 Å². The van der Waals surface area contributed by atoms with Crippen LogP contribution in [0.4, 0.5) is 0 Å². The van der Waals surface area contributed by atoms with Crippen LogP contribution in [0, 0.1) is 5.92 Å². The van der Waals surface area contributed by atoms with Gasteiger partial charge in [-0.25, -0.2) is 0 Å². The van der Waals surface area contributed by atoms with E-state index in [2.05, 4.69) is 19.2 Å². The monoisotopic (exact) mass is 233 g/mol. The van der Waals surface area contributed by atoms with E-state index >= 15 is 0 Å². The zero-order chi connectivity index (χ0) is 11.3. The fourth-order valence-corrected chi connectivity index (χ4v) is 3.00. The van der Waals surface area contributed by atoms with Crippen molar-refractivity contribution in [2.45, 2.75) is 38.8 Å². The second-order valence-electron chi connectivity index (χ2n) is 4.55. The minimum atomic E-state index is -0.704. The topological polar surface area (TPSA) is 38.3 Å². The van der Waals surface area contributed by atoms with Gasteiger partial charge in [0.05, 0.1) is 0 Å². The molecular weight excluding hydrogens is 210 g/mol. The lowest BCUT2D eigenvalue weighted by molar-refractivity contribution is 0.0550. The van der Waals surface area contributed by atoms with E-state index in [-0.39, 0.29) is 0 Å². The third kappa shape index (κ3) is 5.09. The largest absolute Gasteiger partial charge is 0.381 e. The average Bonchev–Trinajstić information content (AvgIpc) is 2.17. The third-order valence-electron chi connectivity index (χ3n) is 3.01. The molecule has 0 aromatic heterocycles. The van der Waals surface area contributed by atoms with E-state index in [1.165, 1.54) is 0 Å². The molecule has 0 aromatic carbocycles. The summed E-state index contributed by atoms with van der Waals surface area (Å²) < 4.78 is 16.4. The first-order valence-corrected chi connectivity index (χ1v) is 7.46. The summed E-state index contributed by atoms with van der Waals surface area (Å²) in [6.07, 6.45) is 4.06. The highest BCUT2D eigenvalue weighted by atomic mass is 32.2. The van der Waals surface area contributed by atoms with Crippen molar-refractivity contribution in [3.63, 3.8) is 0 Å². The van der Waals surface area contributed by atoms with Gasteiger partial charge in [0.1, 0.15) is 0 Å². The number of rotatable bonds is 5. The molecule has 3 nitrogen and oxygen atoms in total. The molecule has 1 N–H and O–H groups in total. The molecule has 0 aliphatic carbocycles. The van der Waals surface area contributed by atoms with Crippen molar-refractivity contribution >= 4 is 10.8 Å². The molecule has 0 radical (unpaired) electrons. The molecule has 1 aliphatic heterocycles. The Labute approximate surface area is 95.4 Å². The first kappa shape index (κ1) is 13.1. The number of hydrogen-bond acceptors (Lipinski definition) is 3. The van der Waals surface area contributed by atoms with Crippen LogP contribution in [0.1, 0.15) is 26.7 Å². The van der Waals surface area contributed by atoms with Crippen LogP contribution in [0.3, 0.4) is 0 Å². The van der Waals surface area contributed by atoms with E-state index in [0.717, 1.165) is 31.8 Å². The van der Waals surface area contributed by atoms with Crippen LogP contribution in [0.15, 0.2) is 0 Å². The van der Waals surface area contributed by atoms with E-state index in [1.807, 2.05) is 0 Å². The molecule has 0 spiro atoms. The predicted octanol–water partition coefficient (Wildman–Crippen LogP) is 1.16. The Kier molecular flexibility index (Phi) is 5.79. The van der Waals surface area contributed by atoms with Crippen molar-refractivity contribution in [1.29, 1.82) is 0 Å². The molecular formula is C11H23NO2S. The van der Waals surface area contributed by atoms with Crippen LogP contribution < -0.4 is 5.32 Å². The molecule has 0 bridgehead atoms. The van der Waals surface area contributed by atoms with E-state index in [4.69, 9.17) is 4.74 Å². The minimum absolute atomic E-state index is 0.341. The molecule has 90 valence electrons. The molecule has 1 fully saturated rings. The van der Waals surface area contributed by atoms with Crippen LogP contribution in [0.5, 0.6) is 0 Å². The van der Waals surface area contributed by atoms with Gasteiger partial charge in [-0.15, -0.1) is 0 Å². The number of nitrogens with one attached hydrogen (secondary N) is 1.